The number of hydrogen-bond acceptors (Lipinski definition) is 4. The van der Waals surface area contributed by atoms with Crippen LogP contribution in [-0.2, 0) is 0 Å². The summed E-state index contributed by atoms with van der Waals surface area (Å²) in [4.78, 5) is 7.20. The van der Waals surface area contributed by atoms with Gasteiger partial charge in [-0.2, -0.15) is 0 Å². The normalized spacial score (nSPS) is 14.1. The zero-order valence-corrected chi connectivity index (χ0v) is 13.3. The van der Waals surface area contributed by atoms with Crippen molar-refractivity contribution in [1.29, 1.82) is 0 Å². The molecule has 0 unspecified atom stereocenters. The molecule has 0 aromatic heterocycles. The Bertz CT molecular complexity index is 479. The molecule has 1 aromatic carbocycles. The first-order chi connectivity index (χ1) is 8.16. The van der Waals surface area contributed by atoms with Crippen LogP contribution in [0.2, 0.25) is 5.02 Å². The lowest BCUT2D eigenvalue weighted by Crippen LogP contribution is -2.38. The van der Waals surface area contributed by atoms with E-state index in [1.165, 1.54) is 0 Å². The number of nitrogens with zero attached hydrogens (tertiary/aromatic N) is 2. The molecule has 0 radical (unpaired) electrons. The molecule has 98 valence electrons. The fraction of sp³-hybridized carbons (Fsp3) is 0.182. The fourth-order valence-electron chi connectivity index (χ4n) is 1.34. The number of halogens is 3. The van der Waals surface area contributed by atoms with Crippen molar-refractivity contribution in [2.24, 2.45) is 10.7 Å². The maximum atomic E-state index is 5.89. The lowest BCUT2D eigenvalue weighted by Gasteiger charge is -2.23. The molecule has 3 nitrogen and oxygen atoms in total. The SMILES string of the molecule is Cl.NC1=NC=CCN1CSc1ccc(Cl)cc1Br. The van der Waals surface area contributed by atoms with Crippen molar-refractivity contribution in [3.8, 4) is 0 Å². The summed E-state index contributed by atoms with van der Waals surface area (Å²) in [7, 11) is 0. The lowest BCUT2D eigenvalue weighted by molar-refractivity contribution is 0.529. The van der Waals surface area contributed by atoms with Crippen LogP contribution in [0.3, 0.4) is 0 Å². The van der Waals surface area contributed by atoms with Crippen molar-refractivity contribution in [2.75, 3.05) is 12.4 Å². The quantitative estimate of drug-likeness (QED) is 0.826. The Hall–Kier alpha value is -0.360. The summed E-state index contributed by atoms with van der Waals surface area (Å²) in [6, 6.07) is 5.75. The average molecular weight is 369 g/mol. The van der Waals surface area contributed by atoms with E-state index < -0.39 is 0 Å². The lowest BCUT2D eigenvalue weighted by atomic mass is 10.4. The molecular weight excluding hydrogens is 357 g/mol. The molecule has 2 rings (SSSR count). The van der Waals surface area contributed by atoms with Crippen LogP contribution < -0.4 is 5.73 Å². The second-order valence-corrected chi connectivity index (χ2v) is 5.72. The van der Waals surface area contributed by atoms with Gasteiger partial charge in [0.1, 0.15) is 0 Å². The van der Waals surface area contributed by atoms with Crippen LogP contribution in [0.1, 0.15) is 0 Å². The molecule has 1 heterocycles. The summed E-state index contributed by atoms with van der Waals surface area (Å²) in [5, 5.41) is 0.725. The van der Waals surface area contributed by atoms with Crippen molar-refractivity contribution in [3.63, 3.8) is 0 Å². The van der Waals surface area contributed by atoms with E-state index in [-0.39, 0.29) is 12.4 Å². The second-order valence-electron chi connectivity index (χ2n) is 3.44. The van der Waals surface area contributed by atoms with E-state index in [1.54, 1.807) is 18.0 Å². The standard InChI is InChI=1S/C11H11BrClN3S.ClH/c12-9-6-8(13)2-3-10(9)17-7-16-5-1-4-15-11(16)14;/h1-4,6H,5,7H2,(H2,14,15);1H. The molecule has 7 heteroatoms. The summed E-state index contributed by atoms with van der Waals surface area (Å²) in [6.45, 7) is 0.799. The van der Waals surface area contributed by atoms with Crippen molar-refractivity contribution >= 4 is 57.7 Å². The maximum absolute atomic E-state index is 5.89. The van der Waals surface area contributed by atoms with Crippen LogP contribution >= 0.6 is 51.7 Å². The molecule has 2 N–H and O–H groups in total. The first-order valence-electron chi connectivity index (χ1n) is 4.98. The van der Waals surface area contributed by atoms with E-state index in [0.29, 0.717) is 5.96 Å². The fourth-order valence-corrected chi connectivity index (χ4v) is 3.26. The molecule has 0 bridgehead atoms. The third-order valence-electron chi connectivity index (χ3n) is 2.23. The van der Waals surface area contributed by atoms with E-state index in [0.717, 1.165) is 26.8 Å². The van der Waals surface area contributed by atoms with Crippen molar-refractivity contribution in [1.82, 2.24) is 4.90 Å². The van der Waals surface area contributed by atoms with Gasteiger partial charge in [-0.05, 0) is 40.2 Å². The number of thioether (sulfide) groups is 1. The summed E-state index contributed by atoms with van der Waals surface area (Å²) in [6.07, 6.45) is 3.71. The van der Waals surface area contributed by atoms with E-state index in [4.69, 9.17) is 17.3 Å². The molecule has 1 aliphatic heterocycles. The molecule has 1 aliphatic rings. The molecule has 0 spiro atoms. The number of hydrogen-bond donors (Lipinski definition) is 1. The highest BCUT2D eigenvalue weighted by molar-refractivity contribution is 9.10. The van der Waals surface area contributed by atoms with Crippen molar-refractivity contribution in [3.05, 3.63) is 40.0 Å². The second kappa shape index (κ2) is 7.28. The monoisotopic (exact) mass is 367 g/mol. The van der Waals surface area contributed by atoms with E-state index in [2.05, 4.69) is 20.9 Å². The van der Waals surface area contributed by atoms with Gasteiger partial charge in [-0.1, -0.05) is 11.6 Å². The Labute approximate surface area is 130 Å². The predicted molar refractivity (Wildman–Crippen MR) is 84.6 cm³/mol. The van der Waals surface area contributed by atoms with Gasteiger partial charge < -0.3 is 10.6 Å². The van der Waals surface area contributed by atoms with Gasteiger partial charge in [-0.15, -0.1) is 24.2 Å². The molecule has 0 fully saturated rings. The average Bonchev–Trinajstić information content (AvgIpc) is 2.30. The Morgan fingerprint density at radius 3 is 2.94 bits per heavy atom. The van der Waals surface area contributed by atoms with Crippen LogP contribution in [0.5, 0.6) is 0 Å². The van der Waals surface area contributed by atoms with Crippen LogP contribution in [0.25, 0.3) is 0 Å². The largest absolute Gasteiger partial charge is 0.369 e. The van der Waals surface area contributed by atoms with Gasteiger partial charge in [0, 0.05) is 27.1 Å². The van der Waals surface area contributed by atoms with Crippen molar-refractivity contribution < 1.29 is 0 Å². The zero-order valence-electron chi connectivity index (χ0n) is 9.35. The topological polar surface area (TPSA) is 41.6 Å². The molecule has 0 aliphatic carbocycles. The zero-order chi connectivity index (χ0) is 12.3. The van der Waals surface area contributed by atoms with Crippen LogP contribution in [0.15, 0.2) is 44.8 Å². The first kappa shape index (κ1) is 15.7. The Morgan fingerprint density at radius 2 is 2.28 bits per heavy atom. The van der Waals surface area contributed by atoms with Gasteiger partial charge >= 0.3 is 0 Å². The number of aliphatic imine (C=N–C) groups is 1. The maximum Gasteiger partial charge on any atom is 0.196 e. The summed E-state index contributed by atoms with van der Waals surface area (Å²) < 4.78 is 0.998. The molecule has 18 heavy (non-hydrogen) atoms. The number of rotatable bonds is 3. The Kier molecular flexibility index (Phi) is 6.35. The summed E-state index contributed by atoms with van der Waals surface area (Å²) in [5.74, 6) is 1.32. The van der Waals surface area contributed by atoms with Gasteiger partial charge in [0.15, 0.2) is 5.96 Å². The molecule has 0 atom stereocenters. The third kappa shape index (κ3) is 4.09. The molecule has 1 aromatic rings. The minimum absolute atomic E-state index is 0. The van der Waals surface area contributed by atoms with Gasteiger partial charge in [-0.25, -0.2) is 4.99 Å². The highest BCUT2D eigenvalue weighted by Crippen LogP contribution is 2.30. The number of nitrogens with two attached hydrogens (primary N) is 1. The highest BCUT2D eigenvalue weighted by atomic mass is 79.9. The molecular formula is C11H12BrCl2N3S. The van der Waals surface area contributed by atoms with Gasteiger partial charge in [0.2, 0.25) is 0 Å². The minimum atomic E-state index is 0. The predicted octanol–water partition coefficient (Wildman–Crippen LogP) is 3.72. The summed E-state index contributed by atoms with van der Waals surface area (Å²) in [5.41, 5.74) is 5.78. The Balaban J connectivity index is 0.00000162. The van der Waals surface area contributed by atoms with Gasteiger partial charge in [-0.3, -0.25) is 0 Å². The number of benzene rings is 1. The van der Waals surface area contributed by atoms with Gasteiger partial charge in [0.05, 0.1) is 5.88 Å². The molecule has 0 amide bonds. The van der Waals surface area contributed by atoms with Crippen LogP contribution in [-0.4, -0.2) is 23.3 Å². The summed E-state index contributed by atoms with van der Waals surface area (Å²) >= 11 is 11.1. The smallest absolute Gasteiger partial charge is 0.196 e. The number of guanidine groups is 1. The van der Waals surface area contributed by atoms with Gasteiger partial charge in [0.25, 0.3) is 0 Å². The highest BCUT2D eigenvalue weighted by Gasteiger charge is 2.10. The van der Waals surface area contributed by atoms with E-state index >= 15 is 0 Å². The first-order valence-corrected chi connectivity index (χ1v) is 7.13. The third-order valence-corrected chi connectivity index (χ3v) is 4.49. The molecule has 0 saturated carbocycles. The van der Waals surface area contributed by atoms with Crippen LogP contribution in [0.4, 0.5) is 0 Å². The van der Waals surface area contributed by atoms with Crippen molar-refractivity contribution in [2.45, 2.75) is 4.90 Å². The Morgan fingerprint density at radius 1 is 1.50 bits per heavy atom. The van der Waals surface area contributed by atoms with Crippen LogP contribution in [0, 0.1) is 0 Å². The van der Waals surface area contributed by atoms with E-state index in [1.807, 2.05) is 29.2 Å². The van der Waals surface area contributed by atoms with E-state index in [9.17, 15) is 0 Å². The minimum Gasteiger partial charge on any atom is -0.369 e. The molecule has 0 saturated heterocycles.